The van der Waals surface area contributed by atoms with E-state index in [-0.39, 0.29) is 36.3 Å². The predicted molar refractivity (Wildman–Crippen MR) is 95.8 cm³/mol. The van der Waals surface area contributed by atoms with E-state index < -0.39 is 5.97 Å². The number of carbonyl (C=O) groups excluding carboxylic acids is 2. The van der Waals surface area contributed by atoms with E-state index >= 15 is 0 Å². The minimum absolute atomic E-state index is 0.115. The maximum Gasteiger partial charge on any atom is 0.310 e. The van der Waals surface area contributed by atoms with Gasteiger partial charge in [0.2, 0.25) is 0 Å². The van der Waals surface area contributed by atoms with Crippen LogP contribution in [-0.2, 0) is 20.7 Å². The molecule has 1 amide bonds. The lowest BCUT2D eigenvalue weighted by Crippen LogP contribution is -2.37. The summed E-state index contributed by atoms with van der Waals surface area (Å²) in [5.74, 6) is -0.826. The number of fused-ring (bicyclic) bond motifs is 1. The zero-order valence-corrected chi connectivity index (χ0v) is 14.7. The van der Waals surface area contributed by atoms with Gasteiger partial charge in [-0.05, 0) is 29.7 Å². The molecule has 0 bridgehead atoms. The van der Waals surface area contributed by atoms with Gasteiger partial charge in [0.1, 0.15) is 17.7 Å². The van der Waals surface area contributed by atoms with Gasteiger partial charge in [-0.15, -0.1) is 0 Å². The largest absolute Gasteiger partial charge is 0.488 e. The van der Waals surface area contributed by atoms with Crippen LogP contribution in [0.5, 0.6) is 5.75 Å². The molecule has 140 valence electrons. The van der Waals surface area contributed by atoms with Crippen molar-refractivity contribution in [1.29, 1.82) is 0 Å². The molecule has 2 aliphatic rings. The highest BCUT2D eigenvalue weighted by atomic mass is 19.1. The molecule has 4 rings (SSSR count). The van der Waals surface area contributed by atoms with Gasteiger partial charge in [-0.2, -0.15) is 0 Å². The SMILES string of the molecule is O=C(COC(=O)[C@@H]1C[C@H]1c1ccccc1F)NC[C@@H]1Cc2ccccc2O1. The van der Waals surface area contributed by atoms with Crippen LogP contribution in [0, 0.1) is 11.7 Å². The Morgan fingerprint density at radius 2 is 1.93 bits per heavy atom. The van der Waals surface area contributed by atoms with E-state index in [1.807, 2.05) is 24.3 Å². The number of esters is 1. The molecular formula is C21H20FNO4. The third kappa shape index (κ3) is 3.94. The summed E-state index contributed by atoms with van der Waals surface area (Å²) in [5.41, 5.74) is 1.65. The van der Waals surface area contributed by atoms with E-state index in [1.165, 1.54) is 6.07 Å². The van der Waals surface area contributed by atoms with Gasteiger partial charge in [-0.1, -0.05) is 36.4 Å². The smallest absolute Gasteiger partial charge is 0.310 e. The first-order valence-corrected chi connectivity index (χ1v) is 9.04. The summed E-state index contributed by atoms with van der Waals surface area (Å²) in [6, 6.07) is 14.2. The molecule has 0 radical (unpaired) electrons. The van der Waals surface area contributed by atoms with Gasteiger partial charge >= 0.3 is 5.97 Å². The number of ether oxygens (including phenoxy) is 2. The summed E-state index contributed by atoms with van der Waals surface area (Å²) in [6.07, 6.45) is 1.17. The van der Waals surface area contributed by atoms with Gasteiger partial charge in [0, 0.05) is 12.3 Å². The number of amides is 1. The fraction of sp³-hybridized carbons (Fsp3) is 0.333. The zero-order valence-electron chi connectivity index (χ0n) is 14.7. The van der Waals surface area contributed by atoms with Crippen LogP contribution in [0.3, 0.4) is 0 Å². The fourth-order valence-corrected chi connectivity index (χ4v) is 3.47. The predicted octanol–water partition coefficient (Wildman–Crippen LogP) is 2.59. The number of hydrogen-bond donors (Lipinski definition) is 1. The topological polar surface area (TPSA) is 64.6 Å². The second-order valence-corrected chi connectivity index (χ2v) is 6.93. The van der Waals surface area contributed by atoms with Gasteiger partial charge < -0.3 is 14.8 Å². The lowest BCUT2D eigenvalue weighted by atomic mass is 10.1. The lowest BCUT2D eigenvalue weighted by molar-refractivity contribution is -0.150. The number of hydrogen-bond acceptors (Lipinski definition) is 4. The van der Waals surface area contributed by atoms with Crippen LogP contribution in [0.4, 0.5) is 4.39 Å². The number of para-hydroxylation sites is 1. The highest BCUT2D eigenvalue weighted by Gasteiger charge is 2.46. The third-order valence-corrected chi connectivity index (χ3v) is 4.98. The first-order chi connectivity index (χ1) is 13.1. The molecule has 2 aromatic rings. The first-order valence-electron chi connectivity index (χ1n) is 9.04. The summed E-state index contributed by atoms with van der Waals surface area (Å²) < 4.78 is 24.6. The summed E-state index contributed by atoms with van der Waals surface area (Å²) in [7, 11) is 0. The minimum Gasteiger partial charge on any atom is -0.488 e. The fourth-order valence-electron chi connectivity index (χ4n) is 3.47. The summed E-state index contributed by atoms with van der Waals surface area (Å²) >= 11 is 0. The van der Waals surface area contributed by atoms with Crippen molar-refractivity contribution in [2.75, 3.05) is 13.2 Å². The molecule has 6 heteroatoms. The minimum atomic E-state index is -0.456. The Hall–Kier alpha value is -2.89. The lowest BCUT2D eigenvalue weighted by Gasteiger charge is -2.12. The maximum absolute atomic E-state index is 13.7. The van der Waals surface area contributed by atoms with Crippen molar-refractivity contribution in [2.45, 2.75) is 24.9 Å². The average molecular weight is 369 g/mol. The number of nitrogens with one attached hydrogen (secondary N) is 1. The van der Waals surface area contributed by atoms with Gasteiger partial charge in [0.05, 0.1) is 12.5 Å². The number of halogens is 1. The molecule has 3 atom stereocenters. The molecule has 5 nitrogen and oxygen atoms in total. The highest BCUT2D eigenvalue weighted by molar-refractivity contribution is 5.83. The molecule has 1 aliphatic carbocycles. The number of rotatable bonds is 6. The van der Waals surface area contributed by atoms with Crippen LogP contribution >= 0.6 is 0 Å². The van der Waals surface area contributed by atoms with Crippen LogP contribution in [0.2, 0.25) is 0 Å². The molecule has 27 heavy (non-hydrogen) atoms. The molecule has 1 aliphatic heterocycles. The van der Waals surface area contributed by atoms with Crippen molar-refractivity contribution in [3.63, 3.8) is 0 Å². The van der Waals surface area contributed by atoms with E-state index in [0.29, 0.717) is 18.5 Å². The van der Waals surface area contributed by atoms with E-state index in [0.717, 1.165) is 17.7 Å². The number of carbonyl (C=O) groups is 2. The van der Waals surface area contributed by atoms with Crippen molar-refractivity contribution in [3.05, 3.63) is 65.5 Å². The van der Waals surface area contributed by atoms with Crippen LogP contribution in [0.25, 0.3) is 0 Å². The molecule has 1 N–H and O–H groups in total. The molecule has 1 fully saturated rings. The summed E-state index contributed by atoms with van der Waals surface area (Å²) in [6.45, 7) is 0.0192. The molecule has 1 saturated carbocycles. The monoisotopic (exact) mass is 369 g/mol. The van der Waals surface area contributed by atoms with Crippen LogP contribution < -0.4 is 10.1 Å². The van der Waals surface area contributed by atoms with Gasteiger partial charge in [0.25, 0.3) is 5.91 Å². The van der Waals surface area contributed by atoms with Gasteiger partial charge in [-0.25, -0.2) is 4.39 Å². The van der Waals surface area contributed by atoms with Crippen molar-refractivity contribution >= 4 is 11.9 Å². The number of benzene rings is 2. The second-order valence-electron chi connectivity index (χ2n) is 6.93. The van der Waals surface area contributed by atoms with Crippen molar-refractivity contribution in [3.8, 4) is 5.75 Å². The van der Waals surface area contributed by atoms with Crippen molar-refractivity contribution < 1.29 is 23.5 Å². The Morgan fingerprint density at radius 3 is 2.74 bits per heavy atom. The van der Waals surface area contributed by atoms with Crippen molar-refractivity contribution in [1.82, 2.24) is 5.32 Å². The Labute approximate surface area is 156 Å². The molecule has 2 aromatic carbocycles. The normalized spacial score (nSPS) is 22.5. The highest BCUT2D eigenvalue weighted by Crippen LogP contribution is 2.48. The third-order valence-electron chi connectivity index (χ3n) is 4.98. The molecule has 0 unspecified atom stereocenters. The second kappa shape index (κ2) is 7.39. The Kier molecular flexibility index (Phi) is 4.79. The quantitative estimate of drug-likeness (QED) is 0.795. The molecule has 0 saturated heterocycles. The first kappa shape index (κ1) is 17.5. The average Bonchev–Trinajstić information content (AvgIpc) is 3.36. The van der Waals surface area contributed by atoms with Crippen LogP contribution in [0.15, 0.2) is 48.5 Å². The summed E-state index contributed by atoms with van der Waals surface area (Å²) in [5, 5.41) is 2.72. The van der Waals surface area contributed by atoms with E-state index in [1.54, 1.807) is 18.2 Å². The van der Waals surface area contributed by atoms with Crippen molar-refractivity contribution in [2.24, 2.45) is 5.92 Å². The Morgan fingerprint density at radius 1 is 1.15 bits per heavy atom. The van der Waals surface area contributed by atoms with Gasteiger partial charge in [-0.3, -0.25) is 9.59 Å². The van der Waals surface area contributed by atoms with Crippen LogP contribution in [0.1, 0.15) is 23.5 Å². The molecule has 1 heterocycles. The summed E-state index contributed by atoms with van der Waals surface area (Å²) in [4.78, 5) is 24.0. The Bertz CT molecular complexity index is 844. The van der Waals surface area contributed by atoms with Gasteiger partial charge in [0.15, 0.2) is 6.61 Å². The molecular weight excluding hydrogens is 349 g/mol. The Balaban J connectivity index is 1.18. The zero-order chi connectivity index (χ0) is 18.8. The standard InChI is InChI=1S/C21H20FNO4/c22-18-7-3-2-6-15(18)16-10-17(16)21(25)26-12-20(24)23-11-14-9-13-5-1-4-8-19(13)27-14/h1-8,14,16-17H,9-12H2,(H,23,24)/t14-,16-,17+/m0/s1. The van der Waals surface area contributed by atoms with Crippen LogP contribution in [-0.4, -0.2) is 31.1 Å². The molecule has 0 aromatic heterocycles. The van der Waals surface area contributed by atoms with E-state index in [2.05, 4.69) is 5.32 Å². The van der Waals surface area contributed by atoms with E-state index in [9.17, 15) is 14.0 Å². The molecule has 0 spiro atoms. The maximum atomic E-state index is 13.7. The van der Waals surface area contributed by atoms with E-state index in [4.69, 9.17) is 9.47 Å².